The number of amides is 1. The Bertz CT molecular complexity index is 787. The van der Waals surface area contributed by atoms with E-state index in [0.717, 1.165) is 12.1 Å². The number of carbonyl (C=O) groups excluding carboxylic acids is 1. The normalized spacial score (nSPS) is 11.5. The van der Waals surface area contributed by atoms with E-state index in [2.05, 4.69) is 12.2 Å². The lowest BCUT2D eigenvalue weighted by Gasteiger charge is -2.17. The van der Waals surface area contributed by atoms with E-state index < -0.39 is 10.0 Å². The van der Waals surface area contributed by atoms with E-state index in [1.807, 2.05) is 24.3 Å². The summed E-state index contributed by atoms with van der Waals surface area (Å²) in [6.07, 6.45) is 1.68. The van der Waals surface area contributed by atoms with Crippen molar-refractivity contribution < 1.29 is 13.2 Å². The summed E-state index contributed by atoms with van der Waals surface area (Å²) in [6.45, 7) is 2.37. The van der Waals surface area contributed by atoms with Gasteiger partial charge in [-0.3, -0.25) is 4.79 Å². The Kier molecular flexibility index (Phi) is 6.73. The topological polar surface area (TPSA) is 66.5 Å². The van der Waals surface area contributed by atoms with Crippen molar-refractivity contribution in [3.63, 3.8) is 0 Å². The molecule has 0 unspecified atom stereocenters. The SMILES string of the molecule is CCc1ccc(NC(=O)CCCN(C)S(=O)(=O)c2ccccc2)cc1. The van der Waals surface area contributed by atoms with Crippen LogP contribution >= 0.6 is 0 Å². The van der Waals surface area contributed by atoms with E-state index in [-0.39, 0.29) is 17.2 Å². The summed E-state index contributed by atoms with van der Waals surface area (Å²) in [5, 5.41) is 2.83. The van der Waals surface area contributed by atoms with Gasteiger partial charge in [-0.15, -0.1) is 0 Å². The maximum Gasteiger partial charge on any atom is 0.242 e. The summed E-state index contributed by atoms with van der Waals surface area (Å²) in [4.78, 5) is 12.3. The molecular weight excluding hydrogens is 336 g/mol. The lowest BCUT2D eigenvalue weighted by Crippen LogP contribution is -2.28. The summed E-state index contributed by atoms with van der Waals surface area (Å²) in [6, 6.07) is 16.0. The van der Waals surface area contributed by atoms with E-state index in [4.69, 9.17) is 0 Å². The molecule has 2 rings (SSSR count). The van der Waals surface area contributed by atoms with Gasteiger partial charge in [0.2, 0.25) is 15.9 Å². The lowest BCUT2D eigenvalue weighted by atomic mass is 10.1. The molecule has 0 fully saturated rings. The lowest BCUT2D eigenvalue weighted by molar-refractivity contribution is -0.116. The van der Waals surface area contributed by atoms with Gasteiger partial charge in [0.1, 0.15) is 0 Å². The molecule has 0 aliphatic carbocycles. The molecule has 0 aliphatic rings. The zero-order valence-corrected chi connectivity index (χ0v) is 15.4. The molecule has 0 radical (unpaired) electrons. The van der Waals surface area contributed by atoms with Crippen molar-refractivity contribution >= 4 is 21.6 Å². The van der Waals surface area contributed by atoms with E-state index in [1.54, 1.807) is 30.3 Å². The highest BCUT2D eigenvalue weighted by molar-refractivity contribution is 7.89. The van der Waals surface area contributed by atoms with Gasteiger partial charge in [-0.05, 0) is 42.7 Å². The minimum atomic E-state index is -3.50. The Balaban J connectivity index is 1.82. The Labute approximate surface area is 149 Å². The highest BCUT2D eigenvalue weighted by atomic mass is 32.2. The fourth-order valence-electron chi connectivity index (χ4n) is 2.40. The standard InChI is InChI=1S/C19H24N2O3S/c1-3-16-11-13-17(14-12-16)20-19(22)10-7-15-21(2)25(23,24)18-8-5-4-6-9-18/h4-6,8-9,11-14H,3,7,10,15H2,1-2H3,(H,20,22). The molecule has 2 aromatic carbocycles. The average molecular weight is 360 g/mol. The maximum absolute atomic E-state index is 12.4. The number of hydrogen-bond acceptors (Lipinski definition) is 3. The average Bonchev–Trinajstić information content (AvgIpc) is 2.63. The van der Waals surface area contributed by atoms with Crippen LogP contribution in [0.3, 0.4) is 0 Å². The molecule has 2 aromatic rings. The van der Waals surface area contributed by atoms with Gasteiger partial charge in [-0.2, -0.15) is 0 Å². The third kappa shape index (κ3) is 5.41. The minimum absolute atomic E-state index is 0.116. The molecular formula is C19H24N2O3S. The minimum Gasteiger partial charge on any atom is -0.326 e. The Morgan fingerprint density at radius 2 is 1.68 bits per heavy atom. The van der Waals surface area contributed by atoms with Gasteiger partial charge in [0.15, 0.2) is 0 Å². The molecule has 0 aromatic heterocycles. The Hall–Kier alpha value is -2.18. The summed E-state index contributed by atoms with van der Waals surface area (Å²) in [7, 11) is -1.97. The van der Waals surface area contributed by atoms with Crippen LogP contribution in [0.15, 0.2) is 59.5 Å². The summed E-state index contributed by atoms with van der Waals surface area (Å²) >= 11 is 0. The Morgan fingerprint density at radius 3 is 2.28 bits per heavy atom. The van der Waals surface area contributed by atoms with Gasteiger partial charge in [0.25, 0.3) is 0 Å². The first-order chi connectivity index (χ1) is 11.9. The quantitative estimate of drug-likeness (QED) is 0.785. The number of anilines is 1. The summed E-state index contributed by atoms with van der Waals surface area (Å²) in [5.74, 6) is -0.116. The molecule has 25 heavy (non-hydrogen) atoms. The zero-order valence-electron chi connectivity index (χ0n) is 14.6. The third-order valence-corrected chi connectivity index (χ3v) is 5.85. The van der Waals surface area contributed by atoms with Crippen LogP contribution in [-0.4, -0.2) is 32.2 Å². The predicted molar refractivity (Wildman–Crippen MR) is 99.9 cm³/mol. The molecule has 0 saturated heterocycles. The molecule has 6 heteroatoms. The van der Waals surface area contributed by atoms with Crippen molar-refractivity contribution in [1.82, 2.24) is 4.31 Å². The first-order valence-corrected chi connectivity index (χ1v) is 9.77. The van der Waals surface area contributed by atoms with Crippen molar-refractivity contribution in [3.05, 3.63) is 60.2 Å². The molecule has 0 heterocycles. The fourth-order valence-corrected chi connectivity index (χ4v) is 3.63. The Morgan fingerprint density at radius 1 is 1.04 bits per heavy atom. The van der Waals surface area contributed by atoms with Gasteiger partial charge >= 0.3 is 0 Å². The van der Waals surface area contributed by atoms with Gasteiger partial charge in [-0.25, -0.2) is 12.7 Å². The second-order valence-electron chi connectivity index (χ2n) is 5.84. The maximum atomic E-state index is 12.4. The van der Waals surface area contributed by atoms with Gasteiger partial charge in [-0.1, -0.05) is 37.3 Å². The number of aryl methyl sites for hydroxylation is 1. The van der Waals surface area contributed by atoms with Crippen LogP contribution in [0.5, 0.6) is 0 Å². The first kappa shape index (κ1) is 19.1. The molecule has 134 valence electrons. The van der Waals surface area contributed by atoms with Crippen molar-refractivity contribution in [2.24, 2.45) is 0 Å². The number of benzene rings is 2. The number of hydrogen-bond donors (Lipinski definition) is 1. The van der Waals surface area contributed by atoms with Gasteiger partial charge in [0.05, 0.1) is 4.90 Å². The van der Waals surface area contributed by atoms with Crippen LogP contribution in [0.4, 0.5) is 5.69 Å². The number of rotatable bonds is 8. The van der Waals surface area contributed by atoms with Crippen molar-refractivity contribution in [1.29, 1.82) is 0 Å². The first-order valence-electron chi connectivity index (χ1n) is 8.33. The van der Waals surface area contributed by atoms with Gasteiger partial charge < -0.3 is 5.32 Å². The van der Waals surface area contributed by atoms with E-state index >= 15 is 0 Å². The second kappa shape index (κ2) is 8.78. The predicted octanol–water partition coefficient (Wildman–Crippen LogP) is 3.29. The molecule has 0 spiro atoms. The van der Waals surface area contributed by atoms with E-state index in [9.17, 15) is 13.2 Å². The van der Waals surface area contributed by atoms with Crippen molar-refractivity contribution in [2.75, 3.05) is 18.9 Å². The fraction of sp³-hybridized carbons (Fsp3) is 0.316. The molecule has 1 N–H and O–H groups in total. The monoisotopic (exact) mass is 360 g/mol. The zero-order chi connectivity index (χ0) is 18.3. The van der Waals surface area contributed by atoms with Crippen LogP contribution in [0.25, 0.3) is 0 Å². The highest BCUT2D eigenvalue weighted by Gasteiger charge is 2.19. The number of nitrogens with zero attached hydrogens (tertiary/aromatic N) is 1. The molecule has 0 saturated carbocycles. The third-order valence-electron chi connectivity index (χ3n) is 3.97. The van der Waals surface area contributed by atoms with E-state index in [0.29, 0.717) is 13.0 Å². The number of carbonyl (C=O) groups is 1. The molecule has 1 amide bonds. The van der Waals surface area contributed by atoms with Crippen LogP contribution in [0.1, 0.15) is 25.3 Å². The van der Waals surface area contributed by atoms with Crippen molar-refractivity contribution in [3.8, 4) is 0 Å². The molecule has 0 bridgehead atoms. The highest BCUT2D eigenvalue weighted by Crippen LogP contribution is 2.14. The van der Waals surface area contributed by atoms with Gasteiger partial charge in [0, 0.05) is 25.7 Å². The van der Waals surface area contributed by atoms with E-state index in [1.165, 1.54) is 16.9 Å². The van der Waals surface area contributed by atoms with Crippen LogP contribution in [-0.2, 0) is 21.2 Å². The summed E-state index contributed by atoms with van der Waals surface area (Å²) in [5.41, 5.74) is 1.97. The molecule has 5 nitrogen and oxygen atoms in total. The second-order valence-corrected chi connectivity index (χ2v) is 7.89. The van der Waals surface area contributed by atoms with Crippen LogP contribution < -0.4 is 5.32 Å². The van der Waals surface area contributed by atoms with Crippen LogP contribution in [0.2, 0.25) is 0 Å². The number of sulfonamides is 1. The van der Waals surface area contributed by atoms with Crippen LogP contribution in [0, 0.1) is 0 Å². The summed E-state index contributed by atoms with van der Waals surface area (Å²) < 4.78 is 26.1. The molecule has 0 atom stereocenters. The largest absolute Gasteiger partial charge is 0.326 e. The molecule has 0 aliphatic heterocycles. The van der Waals surface area contributed by atoms with Crippen molar-refractivity contribution in [2.45, 2.75) is 31.1 Å². The smallest absolute Gasteiger partial charge is 0.242 e. The number of nitrogens with one attached hydrogen (secondary N) is 1.